The third-order valence-corrected chi connectivity index (χ3v) is 4.37. The van der Waals surface area contributed by atoms with Crippen LogP contribution in [0.4, 0.5) is 4.39 Å². The molecule has 0 amide bonds. The molecule has 4 heteroatoms. The summed E-state index contributed by atoms with van der Waals surface area (Å²) in [5, 5.41) is 0. The molecule has 0 heterocycles. The summed E-state index contributed by atoms with van der Waals surface area (Å²) in [4.78, 5) is 0. The van der Waals surface area contributed by atoms with Gasteiger partial charge in [-0.05, 0) is 42.9 Å². The third kappa shape index (κ3) is 4.01. The third-order valence-electron chi connectivity index (χ3n) is 4.37. The van der Waals surface area contributed by atoms with E-state index < -0.39 is 0 Å². The Labute approximate surface area is 120 Å². The first-order chi connectivity index (χ1) is 9.74. The molecule has 3 nitrogen and oxygen atoms in total. The molecular weight excluding hydrogens is 255 g/mol. The van der Waals surface area contributed by atoms with Crippen molar-refractivity contribution in [2.45, 2.75) is 50.7 Å². The van der Waals surface area contributed by atoms with Crippen molar-refractivity contribution in [2.24, 2.45) is 11.8 Å². The van der Waals surface area contributed by atoms with Gasteiger partial charge in [0.05, 0.1) is 12.1 Å². The number of rotatable bonds is 6. The summed E-state index contributed by atoms with van der Waals surface area (Å²) in [7, 11) is 1.76. The van der Waals surface area contributed by atoms with Crippen LogP contribution in [-0.4, -0.2) is 19.3 Å². The fourth-order valence-corrected chi connectivity index (χ4v) is 3.29. The van der Waals surface area contributed by atoms with Gasteiger partial charge in [-0.3, -0.25) is 11.3 Å². The number of methoxy groups -OCH3 is 1. The van der Waals surface area contributed by atoms with E-state index in [2.05, 4.69) is 5.43 Å². The minimum absolute atomic E-state index is 0.0635. The molecule has 20 heavy (non-hydrogen) atoms. The van der Waals surface area contributed by atoms with E-state index in [0.717, 1.165) is 12.0 Å². The second kappa shape index (κ2) is 7.72. The van der Waals surface area contributed by atoms with Crippen molar-refractivity contribution < 1.29 is 9.13 Å². The van der Waals surface area contributed by atoms with Gasteiger partial charge in [0.1, 0.15) is 5.82 Å². The topological polar surface area (TPSA) is 47.3 Å². The lowest BCUT2D eigenvalue weighted by molar-refractivity contribution is 0.00827. The summed E-state index contributed by atoms with van der Waals surface area (Å²) in [5.74, 6) is 6.09. The zero-order valence-electron chi connectivity index (χ0n) is 12.1. The lowest BCUT2D eigenvalue weighted by Crippen LogP contribution is -2.49. The summed E-state index contributed by atoms with van der Waals surface area (Å²) in [5.41, 5.74) is 3.97. The fourth-order valence-electron chi connectivity index (χ4n) is 3.29. The molecule has 3 N–H and O–H groups in total. The van der Waals surface area contributed by atoms with E-state index >= 15 is 0 Å². The normalized spacial score (nSPS) is 19.8. The summed E-state index contributed by atoms with van der Waals surface area (Å²) in [6, 6.07) is 6.67. The van der Waals surface area contributed by atoms with Crippen LogP contribution in [0, 0.1) is 11.7 Å². The predicted octanol–water partition coefficient (Wildman–Crippen LogP) is 2.80. The molecule has 1 aromatic carbocycles. The molecule has 0 spiro atoms. The molecule has 1 fully saturated rings. The molecule has 112 valence electrons. The van der Waals surface area contributed by atoms with Gasteiger partial charge in [0.2, 0.25) is 0 Å². The van der Waals surface area contributed by atoms with E-state index in [1.54, 1.807) is 7.11 Å². The lowest BCUT2D eigenvalue weighted by Gasteiger charge is -2.34. The van der Waals surface area contributed by atoms with Gasteiger partial charge in [-0.1, -0.05) is 31.4 Å². The number of ether oxygens (including phenoxy) is 1. The molecule has 1 aliphatic carbocycles. The summed E-state index contributed by atoms with van der Waals surface area (Å²) >= 11 is 0. The summed E-state index contributed by atoms with van der Waals surface area (Å²) in [6.07, 6.45) is 7.17. The van der Waals surface area contributed by atoms with Crippen LogP contribution >= 0.6 is 0 Å². The molecule has 0 radical (unpaired) electrons. The van der Waals surface area contributed by atoms with Gasteiger partial charge in [0, 0.05) is 7.11 Å². The molecule has 2 atom stereocenters. The Kier molecular flexibility index (Phi) is 5.95. The van der Waals surface area contributed by atoms with Crippen molar-refractivity contribution in [1.29, 1.82) is 0 Å². The van der Waals surface area contributed by atoms with Gasteiger partial charge >= 0.3 is 0 Å². The van der Waals surface area contributed by atoms with Crippen molar-refractivity contribution in [3.05, 3.63) is 35.6 Å². The summed E-state index contributed by atoms with van der Waals surface area (Å²) < 4.78 is 18.7. The average Bonchev–Trinajstić information content (AvgIpc) is 2.50. The van der Waals surface area contributed by atoms with Crippen molar-refractivity contribution >= 4 is 0 Å². The minimum atomic E-state index is -0.207. The number of hydrazine groups is 1. The molecule has 1 saturated carbocycles. The zero-order chi connectivity index (χ0) is 14.4. The molecule has 0 aliphatic heterocycles. The lowest BCUT2D eigenvalue weighted by atomic mass is 9.81. The Balaban J connectivity index is 2.02. The molecule has 0 bridgehead atoms. The zero-order valence-corrected chi connectivity index (χ0v) is 12.1. The number of halogens is 1. The Morgan fingerprint density at radius 1 is 1.25 bits per heavy atom. The molecule has 2 unspecified atom stereocenters. The predicted molar refractivity (Wildman–Crippen MR) is 78.6 cm³/mol. The van der Waals surface area contributed by atoms with Gasteiger partial charge < -0.3 is 4.74 Å². The van der Waals surface area contributed by atoms with Crippen LogP contribution in [0.3, 0.4) is 0 Å². The van der Waals surface area contributed by atoms with Crippen molar-refractivity contribution in [2.75, 3.05) is 7.11 Å². The highest BCUT2D eigenvalue weighted by Crippen LogP contribution is 2.30. The van der Waals surface area contributed by atoms with Crippen LogP contribution in [-0.2, 0) is 11.2 Å². The van der Waals surface area contributed by atoms with E-state index in [1.807, 2.05) is 12.1 Å². The maximum Gasteiger partial charge on any atom is 0.123 e. The first kappa shape index (κ1) is 15.4. The van der Waals surface area contributed by atoms with Gasteiger partial charge in [0.15, 0.2) is 0 Å². The minimum Gasteiger partial charge on any atom is -0.379 e. The Morgan fingerprint density at radius 2 is 1.90 bits per heavy atom. The van der Waals surface area contributed by atoms with E-state index in [1.165, 1.54) is 44.2 Å². The Hall–Kier alpha value is -0.970. The maximum atomic E-state index is 13.0. The molecule has 0 saturated heterocycles. The quantitative estimate of drug-likeness (QED) is 0.622. The highest BCUT2D eigenvalue weighted by atomic mass is 19.1. The molecule has 0 aromatic heterocycles. The van der Waals surface area contributed by atoms with Crippen molar-refractivity contribution in [3.8, 4) is 0 Å². The van der Waals surface area contributed by atoms with Gasteiger partial charge in [0.25, 0.3) is 0 Å². The molecule has 1 aromatic rings. The van der Waals surface area contributed by atoms with Gasteiger partial charge in [-0.25, -0.2) is 4.39 Å². The van der Waals surface area contributed by atoms with Crippen LogP contribution in [0.15, 0.2) is 24.3 Å². The van der Waals surface area contributed by atoms with Gasteiger partial charge in [-0.15, -0.1) is 0 Å². The summed E-state index contributed by atoms with van der Waals surface area (Å²) in [6.45, 7) is 0. The van der Waals surface area contributed by atoms with Crippen LogP contribution in [0.5, 0.6) is 0 Å². The first-order valence-corrected chi connectivity index (χ1v) is 7.48. The molecule has 1 aliphatic rings. The number of hydrogen-bond donors (Lipinski definition) is 2. The van der Waals surface area contributed by atoms with Crippen LogP contribution in [0.25, 0.3) is 0 Å². The standard InChI is InChI=1S/C16H25FN2O/c1-20-16(13-5-3-2-4-6-13)15(19-18)11-12-7-9-14(17)10-8-12/h7-10,13,15-16,19H,2-6,11,18H2,1H3. The highest BCUT2D eigenvalue weighted by Gasteiger charge is 2.30. The van der Waals surface area contributed by atoms with Crippen LogP contribution in [0.2, 0.25) is 0 Å². The van der Waals surface area contributed by atoms with E-state index in [-0.39, 0.29) is 18.0 Å². The van der Waals surface area contributed by atoms with Crippen LogP contribution < -0.4 is 11.3 Å². The van der Waals surface area contributed by atoms with Crippen LogP contribution in [0.1, 0.15) is 37.7 Å². The van der Waals surface area contributed by atoms with E-state index in [9.17, 15) is 4.39 Å². The highest BCUT2D eigenvalue weighted by molar-refractivity contribution is 5.17. The second-order valence-corrected chi connectivity index (χ2v) is 5.70. The van der Waals surface area contributed by atoms with Crippen molar-refractivity contribution in [1.82, 2.24) is 5.43 Å². The second-order valence-electron chi connectivity index (χ2n) is 5.70. The maximum absolute atomic E-state index is 13.0. The molecular formula is C16H25FN2O. The largest absolute Gasteiger partial charge is 0.379 e. The SMILES string of the molecule is COC(C1CCCCC1)C(Cc1ccc(F)cc1)NN. The number of nitrogens with one attached hydrogen (secondary N) is 1. The van der Waals surface area contributed by atoms with E-state index in [4.69, 9.17) is 10.6 Å². The van der Waals surface area contributed by atoms with Crippen molar-refractivity contribution in [3.63, 3.8) is 0 Å². The number of nitrogens with two attached hydrogens (primary N) is 1. The van der Waals surface area contributed by atoms with Gasteiger partial charge in [-0.2, -0.15) is 0 Å². The smallest absolute Gasteiger partial charge is 0.123 e. The number of benzene rings is 1. The molecule has 2 rings (SSSR count). The fraction of sp³-hybridized carbons (Fsp3) is 0.625. The number of hydrogen-bond acceptors (Lipinski definition) is 3. The Morgan fingerprint density at radius 3 is 2.45 bits per heavy atom. The average molecular weight is 280 g/mol. The Bertz CT molecular complexity index is 390. The van der Waals surface area contributed by atoms with E-state index in [0.29, 0.717) is 5.92 Å². The first-order valence-electron chi connectivity index (χ1n) is 7.48. The monoisotopic (exact) mass is 280 g/mol.